The van der Waals surface area contributed by atoms with Crippen LogP contribution >= 0.6 is 0 Å². The van der Waals surface area contributed by atoms with Crippen LogP contribution in [0.15, 0.2) is 18.7 Å². The van der Waals surface area contributed by atoms with Gasteiger partial charge in [-0.15, -0.1) is 0 Å². The van der Waals surface area contributed by atoms with Gasteiger partial charge in [0, 0.05) is 19.8 Å². The van der Waals surface area contributed by atoms with Crippen molar-refractivity contribution in [2.75, 3.05) is 12.3 Å². The van der Waals surface area contributed by atoms with Crippen molar-refractivity contribution in [2.45, 2.75) is 19.9 Å². The van der Waals surface area contributed by atoms with Gasteiger partial charge in [0.25, 0.3) is 0 Å². The first-order valence-electron chi connectivity index (χ1n) is 6.07. The molecule has 0 spiro atoms. The van der Waals surface area contributed by atoms with Crippen LogP contribution in [0.2, 0.25) is 0 Å². The van der Waals surface area contributed by atoms with E-state index in [9.17, 15) is 4.79 Å². The van der Waals surface area contributed by atoms with Crippen LogP contribution in [0.5, 0.6) is 0 Å². The van der Waals surface area contributed by atoms with Crippen molar-refractivity contribution in [2.24, 2.45) is 7.05 Å². The van der Waals surface area contributed by atoms with E-state index in [2.05, 4.69) is 10.1 Å². The highest BCUT2D eigenvalue weighted by molar-refractivity contribution is 5.92. The highest BCUT2D eigenvalue weighted by Crippen LogP contribution is 2.12. The second-order valence-corrected chi connectivity index (χ2v) is 4.16. The minimum Gasteiger partial charge on any atom is -0.461 e. The molecule has 19 heavy (non-hydrogen) atoms. The zero-order valence-corrected chi connectivity index (χ0v) is 11.0. The van der Waals surface area contributed by atoms with Crippen molar-refractivity contribution >= 4 is 11.8 Å². The highest BCUT2D eigenvalue weighted by atomic mass is 16.5. The summed E-state index contributed by atoms with van der Waals surface area (Å²) in [5.41, 5.74) is 7.16. The largest absolute Gasteiger partial charge is 0.461 e. The van der Waals surface area contributed by atoms with Gasteiger partial charge in [-0.05, 0) is 18.9 Å². The van der Waals surface area contributed by atoms with E-state index >= 15 is 0 Å². The maximum atomic E-state index is 11.6. The number of nitrogens with zero attached hydrogens (tertiary/aromatic N) is 4. The van der Waals surface area contributed by atoms with Crippen molar-refractivity contribution in [3.63, 3.8) is 0 Å². The monoisotopic (exact) mass is 263 g/mol. The van der Waals surface area contributed by atoms with Crippen LogP contribution < -0.4 is 5.73 Å². The number of aryl methyl sites for hydroxylation is 3. The van der Waals surface area contributed by atoms with Crippen molar-refractivity contribution < 1.29 is 9.53 Å². The van der Waals surface area contributed by atoms with Gasteiger partial charge in [-0.3, -0.25) is 4.68 Å². The second-order valence-electron chi connectivity index (χ2n) is 4.16. The molecule has 2 aromatic rings. The number of nitrogen functional groups attached to an aromatic ring is 1. The van der Waals surface area contributed by atoms with Crippen molar-refractivity contribution in [3.05, 3.63) is 30.0 Å². The molecule has 0 fully saturated rings. The lowest BCUT2D eigenvalue weighted by molar-refractivity contribution is 0.0521. The number of nitrogens with two attached hydrogens (primary N) is 1. The third kappa shape index (κ3) is 2.93. The number of rotatable bonds is 5. The maximum Gasteiger partial charge on any atom is 0.360 e. The van der Waals surface area contributed by atoms with Crippen LogP contribution in [0.4, 0.5) is 5.82 Å². The predicted octanol–water partition coefficient (Wildman–Crippen LogP) is 0.618. The molecule has 2 aromatic heterocycles. The van der Waals surface area contributed by atoms with E-state index in [1.54, 1.807) is 28.7 Å². The van der Waals surface area contributed by atoms with Crippen LogP contribution in [-0.2, 0) is 24.8 Å². The van der Waals surface area contributed by atoms with E-state index < -0.39 is 5.97 Å². The first-order valence-corrected chi connectivity index (χ1v) is 6.07. The van der Waals surface area contributed by atoms with Crippen LogP contribution in [0.1, 0.15) is 23.0 Å². The number of aromatic nitrogens is 4. The molecule has 0 unspecified atom stereocenters. The predicted molar refractivity (Wildman–Crippen MR) is 69.5 cm³/mol. The van der Waals surface area contributed by atoms with E-state index in [1.165, 1.54) is 0 Å². The molecule has 2 N–H and O–H groups in total. The summed E-state index contributed by atoms with van der Waals surface area (Å²) < 4.78 is 8.36. The lowest BCUT2D eigenvalue weighted by atomic mass is 10.2. The quantitative estimate of drug-likeness (QED) is 0.799. The van der Waals surface area contributed by atoms with E-state index in [0.717, 1.165) is 12.0 Å². The summed E-state index contributed by atoms with van der Waals surface area (Å²) in [6.07, 6.45) is 6.08. The second kappa shape index (κ2) is 5.55. The van der Waals surface area contributed by atoms with Gasteiger partial charge in [0.1, 0.15) is 5.82 Å². The van der Waals surface area contributed by atoms with Crippen LogP contribution in [0.25, 0.3) is 0 Å². The Bertz CT molecular complexity index is 572. The van der Waals surface area contributed by atoms with E-state index in [-0.39, 0.29) is 5.69 Å². The molecule has 2 heterocycles. The lowest BCUT2D eigenvalue weighted by Gasteiger charge is -2.04. The molecule has 7 heteroatoms. The van der Waals surface area contributed by atoms with Crippen LogP contribution in [-0.4, -0.2) is 31.9 Å². The van der Waals surface area contributed by atoms with Crippen molar-refractivity contribution in [1.82, 2.24) is 19.3 Å². The Balaban J connectivity index is 2.03. The van der Waals surface area contributed by atoms with Gasteiger partial charge >= 0.3 is 5.97 Å². The highest BCUT2D eigenvalue weighted by Gasteiger charge is 2.16. The summed E-state index contributed by atoms with van der Waals surface area (Å²) in [4.78, 5) is 15.6. The minimum absolute atomic E-state index is 0.174. The van der Waals surface area contributed by atoms with Crippen molar-refractivity contribution in [1.29, 1.82) is 0 Å². The molecule has 0 aliphatic rings. The molecule has 0 bridgehead atoms. The van der Waals surface area contributed by atoms with Gasteiger partial charge in [0.2, 0.25) is 0 Å². The molecule has 0 saturated heterocycles. The molecule has 0 saturated carbocycles. The third-order valence-electron chi connectivity index (χ3n) is 2.75. The number of imidazole rings is 1. The third-order valence-corrected chi connectivity index (χ3v) is 2.75. The molecule has 0 atom stereocenters. The number of carbonyl (C=O) groups excluding carboxylic acids is 1. The van der Waals surface area contributed by atoms with E-state index in [0.29, 0.717) is 19.0 Å². The zero-order chi connectivity index (χ0) is 13.8. The molecular formula is C12H17N5O2. The minimum atomic E-state index is -0.486. The van der Waals surface area contributed by atoms with Gasteiger partial charge < -0.3 is 15.0 Å². The summed E-state index contributed by atoms with van der Waals surface area (Å²) >= 11 is 0. The summed E-state index contributed by atoms with van der Waals surface area (Å²) in [6, 6.07) is 0. The van der Waals surface area contributed by atoms with Crippen molar-refractivity contribution in [3.8, 4) is 0 Å². The van der Waals surface area contributed by atoms with Crippen LogP contribution in [0, 0.1) is 0 Å². The topological polar surface area (TPSA) is 88.0 Å². The molecule has 2 rings (SSSR count). The zero-order valence-electron chi connectivity index (χ0n) is 11.0. The standard InChI is InChI=1S/C12H17N5O2/c1-3-19-12(18)10-11(13)17(8-14-10)5-4-9-6-15-16(2)7-9/h6-8H,3-5,13H2,1-2H3. The van der Waals surface area contributed by atoms with Gasteiger partial charge in [-0.25, -0.2) is 9.78 Å². The van der Waals surface area contributed by atoms with E-state index in [1.807, 2.05) is 13.2 Å². The first kappa shape index (κ1) is 13.1. The molecule has 0 radical (unpaired) electrons. The average molecular weight is 263 g/mol. The fourth-order valence-corrected chi connectivity index (χ4v) is 1.78. The number of hydrogen-bond acceptors (Lipinski definition) is 5. The van der Waals surface area contributed by atoms with Crippen LogP contribution in [0.3, 0.4) is 0 Å². The SMILES string of the molecule is CCOC(=O)c1ncn(CCc2cnn(C)c2)c1N. The fraction of sp³-hybridized carbons (Fsp3) is 0.417. The molecule has 0 aliphatic carbocycles. The smallest absolute Gasteiger partial charge is 0.360 e. The molecular weight excluding hydrogens is 246 g/mol. The Morgan fingerprint density at radius 1 is 1.53 bits per heavy atom. The summed E-state index contributed by atoms with van der Waals surface area (Å²) in [6.45, 7) is 2.69. The number of esters is 1. The Hall–Kier alpha value is -2.31. The summed E-state index contributed by atoms with van der Waals surface area (Å²) in [7, 11) is 1.87. The normalized spacial score (nSPS) is 10.6. The number of hydrogen-bond donors (Lipinski definition) is 1. The van der Waals surface area contributed by atoms with E-state index in [4.69, 9.17) is 10.5 Å². The summed E-state index contributed by atoms with van der Waals surface area (Å²) in [5, 5.41) is 4.10. The first-order chi connectivity index (χ1) is 9.11. The Morgan fingerprint density at radius 2 is 2.32 bits per heavy atom. The van der Waals surface area contributed by atoms with Gasteiger partial charge in [-0.2, -0.15) is 5.10 Å². The Kier molecular flexibility index (Phi) is 3.84. The summed E-state index contributed by atoms with van der Waals surface area (Å²) in [5.74, 6) is -0.150. The van der Waals surface area contributed by atoms with Gasteiger partial charge in [0.05, 0.1) is 19.1 Å². The molecule has 0 amide bonds. The number of ether oxygens (including phenoxy) is 1. The molecule has 7 nitrogen and oxygen atoms in total. The number of carbonyl (C=O) groups is 1. The fourth-order valence-electron chi connectivity index (χ4n) is 1.78. The maximum absolute atomic E-state index is 11.6. The average Bonchev–Trinajstić information content (AvgIpc) is 2.94. The lowest BCUT2D eigenvalue weighted by Crippen LogP contribution is -2.10. The number of anilines is 1. The Labute approximate surface area is 111 Å². The molecule has 0 aromatic carbocycles. The van der Waals surface area contributed by atoms with Gasteiger partial charge in [-0.1, -0.05) is 0 Å². The van der Waals surface area contributed by atoms with Gasteiger partial charge in [0.15, 0.2) is 5.69 Å². The molecule has 0 aliphatic heterocycles. The molecule has 102 valence electrons. The Morgan fingerprint density at radius 3 is 2.95 bits per heavy atom.